The van der Waals surface area contributed by atoms with E-state index in [-0.39, 0.29) is 11.9 Å². The van der Waals surface area contributed by atoms with Crippen LogP contribution in [-0.4, -0.2) is 37.7 Å². The number of aromatic nitrogens is 5. The van der Waals surface area contributed by atoms with Gasteiger partial charge in [-0.2, -0.15) is 5.10 Å². The molecule has 0 saturated heterocycles. The molecule has 0 unspecified atom stereocenters. The molecule has 0 atom stereocenters. The zero-order chi connectivity index (χ0) is 24.1. The smallest absolute Gasteiger partial charge is 0.251 e. The summed E-state index contributed by atoms with van der Waals surface area (Å²) in [6.07, 6.45) is 6.83. The van der Waals surface area contributed by atoms with Crippen LogP contribution in [0.3, 0.4) is 0 Å². The number of pyridine rings is 1. The van der Waals surface area contributed by atoms with Gasteiger partial charge in [0.1, 0.15) is 5.75 Å². The molecular weight excluding hydrogens is 454 g/mol. The third-order valence-electron chi connectivity index (χ3n) is 5.01. The molecule has 9 nitrogen and oxygen atoms in total. The minimum Gasteiger partial charge on any atom is -0.495 e. The number of rotatable bonds is 8. The van der Waals surface area contributed by atoms with Crippen LogP contribution in [-0.2, 0) is 6.54 Å². The van der Waals surface area contributed by atoms with Gasteiger partial charge in [0, 0.05) is 29.6 Å². The third-order valence-corrected chi connectivity index (χ3v) is 5.29. The number of carbonyl (C=O) groups excluding carboxylic acids is 1. The quantitative estimate of drug-likeness (QED) is 0.380. The Morgan fingerprint density at radius 1 is 1.18 bits per heavy atom. The number of anilines is 2. The lowest BCUT2D eigenvalue weighted by atomic mass is 10.1. The van der Waals surface area contributed by atoms with Gasteiger partial charge in [-0.3, -0.25) is 14.5 Å². The van der Waals surface area contributed by atoms with Gasteiger partial charge in [-0.15, -0.1) is 0 Å². The molecular formula is C24H24ClN7O2. The average molecular weight is 478 g/mol. The molecule has 0 aliphatic rings. The van der Waals surface area contributed by atoms with E-state index in [2.05, 4.69) is 30.7 Å². The van der Waals surface area contributed by atoms with Crippen LogP contribution in [0.4, 0.5) is 11.6 Å². The molecule has 174 valence electrons. The SMILES string of the molecule is COc1cc(C(=O)NCc2ccccn2)ccc1Nc1ncc(Cl)c(-c2cnn(C(C)C)c2)n1. The Morgan fingerprint density at radius 2 is 2.03 bits per heavy atom. The molecule has 4 rings (SSSR count). The van der Waals surface area contributed by atoms with Crippen LogP contribution in [0.5, 0.6) is 5.75 Å². The largest absolute Gasteiger partial charge is 0.495 e. The summed E-state index contributed by atoms with van der Waals surface area (Å²) in [7, 11) is 1.53. The number of amides is 1. The minimum atomic E-state index is -0.234. The summed E-state index contributed by atoms with van der Waals surface area (Å²) in [4.78, 5) is 25.6. The molecule has 3 aromatic heterocycles. The van der Waals surface area contributed by atoms with E-state index in [1.54, 1.807) is 30.6 Å². The Kier molecular flexibility index (Phi) is 7.03. The Bertz CT molecular complexity index is 1290. The van der Waals surface area contributed by atoms with Crippen LogP contribution in [0, 0.1) is 0 Å². The summed E-state index contributed by atoms with van der Waals surface area (Å²) in [5, 5.41) is 10.8. The monoisotopic (exact) mass is 477 g/mol. The van der Waals surface area contributed by atoms with Crippen molar-refractivity contribution in [3.8, 4) is 17.0 Å². The highest BCUT2D eigenvalue weighted by molar-refractivity contribution is 6.32. The van der Waals surface area contributed by atoms with Crippen molar-refractivity contribution in [2.75, 3.05) is 12.4 Å². The van der Waals surface area contributed by atoms with Crippen LogP contribution < -0.4 is 15.4 Å². The van der Waals surface area contributed by atoms with E-state index in [4.69, 9.17) is 16.3 Å². The van der Waals surface area contributed by atoms with Crippen molar-refractivity contribution in [1.29, 1.82) is 0 Å². The molecule has 1 aromatic carbocycles. The highest BCUT2D eigenvalue weighted by Gasteiger charge is 2.14. The fourth-order valence-corrected chi connectivity index (χ4v) is 3.40. The number of halogens is 1. The van der Waals surface area contributed by atoms with Crippen molar-refractivity contribution >= 4 is 29.1 Å². The standard InChI is InChI=1S/C24H24ClN7O2/c1-15(2)32-14-17(11-29-32)22-19(25)13-28-24(31-22)30-20-8-7-16(10-21(20)34-3)23(33)27-12-18-6-4-5-9-26-18/h4-11,13-15H,12H2,1-3H3,(H,27,33)(H,28,30,31). The molecule has 0 fully saturated rings. The van der Waals surface area contributed by atoms with Crippen LogP contribution in [0.2, 0.25) is 5.02 Å². The zero-order valence-corrected chi connectivity index (χ0v) is 19.7. The first-order valence-corrected chi connectivity index (χ1v) is 11.0. The van der Waals surface area contributed by atoms with Crippen molar-refractivity contribution in [2.45, 2.75) is 26.4 Å². The molecule has 1 amide bonds. The summed E-state index contributed by atoms with van der Waals surface area (Å²) in [5.74, 6) is 0.572. The fraction of sp³-hybridized carbons (Fsp3) is 0.208. The maximum Gasteiger partial charge on any atom is 0.251 e. The first-order valence-electron chi connectivity index (χ1n) is 10.6. The fourth-order valence-electron chi connectivity index (χ4n) is 3.20. The van der Waals surface area contributed by atoms with Crippen molar-refractivity contribution in [3.63, 3.8) is 0 Å². The number of hydrogen-bond donors (Lipinski definition) is 2. The number of nitrogens with one attached hydrogen (secondary N) is 2. The lowest BCUT2D eigenvalue weighted by molar-refractivity contribution is 0.0950. The first kappa shape index (κ1) is 23.2. The molecule has 0 bridgehead atoms. The van der Waals surface area contributed by atoms with Crippen molar-refractivity contribution in [2.24, 2.45) is 0 Å². The zero-order valence-electron chi connectivity index (χ0n) is 19.0. The van der Waals surface area contributed by atoms with E-state index in [1.165, 1.54) is 13.3 Å². The van der Waals surface area contributed by atoms with Crippen LogP contribution in [0.15, 0.2) is 61.2 Å². The number of methoxy groups -OCH3 is 1. The number of carbonyl (C=O) groups is 1. The molecule has 0 spiro atoms. The van der Waals surface area contributed by atoms with E-state index in [0.717, 1.165) is 11.3 Å². The average Bonchev–Trinajstić information content (AvgIpc) is 3.35. The van der Waals surface area contributed by atoms with Gasteiger partial charge in [0.05, 0.1) is 48.1 Å². The van der Waals surface area contributed by atoms with Crippen LogP contribution >= 0.6 is 11.6 Å². The normalized spacial score (nSPS) is 10.9. The predicted octanol–water partition coefficient (Wildman–Crippen LogP) is 4.65. The van der Waals surface area contributed by atoms with Gasteiger partial charge in [0.2, 0.25) is 5.95 Å². The summed E-state index contributed by atoms with van der Waals surface area (Å²) in [5.41, 5.74) is 3.19. The molecule has 10 heteroatoms. The van der Waals surface area contributed by atoms with Crippen molar-refractivity contribution in [3.05, 3.63) is 77.5 Å². The second kappa shape index (κ2) is 10.3. The van der Waals surface area contributed by atoms with Crippen molar-refractivity contribution in [1.82, 2.24) is 30.0 Å². The maximum absolute atomic E-state index is 12.6. The molecule has 2 N–H and O–H groups in total. The van der Waals surface area contributed by atoms with E-state index in [9.17, 15) is 4.79 Å². The summed E-state index contributed by atoms with van der Waals surface area (Å²) in [6.45, 7) is 4.41. The van der Waals surface area contributed by atoms with Gasteiger partial charge in [-0.25, -0.2) is 9.97 Å². The molecule has 3 heterocycles. The highest BCUT2D eigenvalue weighted by Crippen LogP contribution is 2.30. The predicted molar refractivity (Wildman–Crippen MR) is 130 cm³/mol. The van der Waals surface area contributed by atoms with Gasteiger partial charge in [-0.1, -0.05) is 17.7 Å². The van der Waals surface area contributed by atoms with Gasteiger partial charge < -0.3 is 15.4 Å². The lowest BCUT2D eigenvalue weighted by Crippen LogP contribution is -2.23. The van der Waals surface area contributed by atoms with Gasteiger partial charge in [0.25, 0.3) is 5.91 Å². The highest BCUT2D eigenvalue weighted by atomic mass is 35.5. The van der Waals surface area contributed by atoms with E-state index in [0.29, 0.717) is 40.2 Å². The topological polar surface area (TPSA) is 107 Å². The number of hydrogen-bond acceptors (Lipinski definition) is 7. The molecule has 0 radical (unpaired) electrons. The Morgan fingerprint density at radius 3 is 2.74 bits per heavy atom. The molecule has 0 saturated carbocycles. The number of ether oxygens (including phenoxy) is 1. The number of benzene rings is 1. The minimum absolute atomic E-state index is 0.218. The second-order valence-electron chi connectivity index (χ2n) is 7.74. The third kappa shape index (κ3) is 5.32. The number of nitrogens with zero attached hydrogens (tertiary/aromatic N) is 5. The van der Waals surface area contributed by atoms with Gasteiger partial charge in [0.15, 0.2) is 0 Å². The molecule has 0 aliphatic carbocycles. The molecule has 0 aliphatic heterocycles. The van der Waals surface area contributed by atoms with E-state index >= 15 is 0 Å². The van der Waals surface area contributed by atoms with Gasteiger partial charge in [-0.05, 0) is 44.2 Å². The Hall–Kier alpha value is -3.98. The van der Waals surface area contributed by atoms with E-state index < -0.39 is 0 Å². The Balaban J connectivity index is 1.51. The maximum atomic E-state index is 12.6. The van der Waals surface area contributed by atoms with Gasteiger partial charge >= 0.3 is 0 Å². The summed E-state index contributed by atoms with van der Waals surface area (Å²) in [6, 6.07) is 10.9. The summed E-state index contributed by atoms with van der Waals surface area (Å²) >= 11 is 6.35. The second-order valence-corrected chi connectivity index (χ2v) is 8.14. The van der Waals surface area contributed by atoms with Crippen molar-refractivity contribution < 1.29 is 9.53 Å². The lowest BCUT2D eigenvalue weighted by Gasteiger charge is -2.13. The summed E-state index contributed by atoms with van der Waals surface area (Å²) < 4.78 is 7.32. The molecule has 4 aromatic rings. The van der Waals surface area contributed by atoms with Crippen LogP contribution in [0.25, 0.3) is 11.3 Å². The van der Waals surface area contributed by atoms with Crippen LogP contribution in [0.1, 0.15) is 35.9 Å². The molecule has 34 heavy (non-hydrogen) atoms. The first-order chi connectivity index (χ1) is 16.4. The van der Waals surface area contributed by atoms with E-state index in [1.807, 2.05) is 42.9 Å². The Labute approximate surface area is 202 Å².